The summed E-state index contributed by atoms with van der Waals surface area (Å²) in [4.78, 5) is 23.3. The number of carboxylic acids is 1. The first-order valence-electron chi connectivity index (χ1n) is 4.64. The molecule has 0 spiro atoms. The van der Waals surface area contributed by atoms with Gasteiger partial charge < -0.3 is 10.0 Å². The van der Waals surface area contributed by atoms with Crippen molar-refractivity contribution in [3.8, 4) is 0 Å². The topological polar surface area (TPSA) is 57.6 Å². The fourth-order valence-corrected chi connectivity index (χ4v) is 1.08. The Kier molecular flexibility index (Phi) is 5.60. The summed E-state index contributed by atoms with van der Waals surface area (Å²) in [7, 11) is 0. The maximum atomic E-state index is 11.4. The lowest BCUT2D eigenvalue weighted by Gasteiger charge is -2.24. The molecule has 0 aliphatic rings. The van der Waals surface area contributed by atoms with Crippen molar-refractivity contribution in [1.82, 2.24) is 4.90 Å². The smallest absolute Gasteiger partial charge is 0.305 e. The van der Waals surface area contributed by atoms with Crippen molar-refractivity contribution in [2.24, 2.45) is 0 Å². The van der Waals surface area contributed by atoms with E-state index in [0.29, 0.717) is 0 Å². The van der Waals surface area contributed by atoms with E-state index >= 15 is 0 Å². The summed E-state index contributed by atoms with van der Waals surface area (Å²) in [6.45, 7) is 5.75. The van der Waals surface area contributed by atoms with Crippen LogP contribution in [0.25, 0.3) is 0 Å². The molecule has 14 heavy (non-hydrogen) atoms. The molecule has 0 radical (unpaired) electrons. The molecule has 4 heteroatoms. The molecule has 80 valence electrons. The van der Waals surface area contributed by atoms with Gasteiger partial charge in [-0.25, -0.2) is 0 Å². The number of carbonyl (C=O) groups is 2. The number of hydrogen-bond acceptors (Lipinski definition) is 2. The van der Waals surface area contributed by atoms with Crippen LogP contribution in [0.15, 0.2) is 12.2 Å². The number of carboxylic acid groups (broad SMARTS) is 1. The van der Waals surface area contributed by atoms with E-state index in [4.69, 9.17) is 5.11 Å². The Morgan fingerprint density at radius 3 is 2.36 bits per heavy atom. The Hall–Kier alpha value is -1.32. The Balaban J connectivity index is 4.29. The zero-order valence-corrected chi connectivity index (χ0v) is 8.86. The van der Waals surface area contributed by atoms with Crippen molar-refractivity contribution in [1.29, 1.82) is 0 Å². The van der Waals surface area contributed by atoms with Gasteiger partial charge in [0.2, 0.25) is 5.91 Å². The molecular weight excluding hydrogens is 182 g/mol. The number of amides is 1. The van der Waals surface area contributed by atoms with Crippen LogP contribution in [0.3, 0.4) is 0 Å². The largest absolute Gasteiger partial charge is 0.481 e. The average molecular weight is 199 g/mol. The van der Waals surface area contributed by atoms with E-state index in [9.17, 15) is 9.59 Å². The van der Waals surface area contributed by atoms with E-state index in [1.807, 2.05) is 13.8 Å². The van der Waals surface area contributed by atoms with Crippen molar-refractivity contribution >= 4 is 11.9 Å². The number of carbonyl (C=O) groups excluding carboxylic acids is 1. The molecule has 0 rings (SSSR count). The molecule has 0 fully saturated rings. The molecule has 0 heterocycles. The van der Waals surface area contributed by atoms with E-state index in [-0.39, 0.29) is 24.9 Å². The Bertz CT molecular complexity index is 234. The lowest BCUT2D eigenvalue weighted by Crippen LogP contribution is -2.37. The van der Waals surface area contributed by atoms with Crippen molar-refractivity contribution in [2.45, 2.75) is 33.2 Å². The number of nitrogens with zero attached hydrogens (tertiary/aromatic N) is 1. The fourth-order valence-electron chi connectivity index (χ4n) is 1.08. The number of aliphatic carboxylic acids is 1. The summed E-state index contributed by atoms with van der Waals surface area (Å²) >= 11 is 0. The quantitative estimate of drug-likeness (QED) is 0.678. The lowest BCUT2D eigenvalue weighted by molar-refractivity contribution is -0.138. The van der Waals surface area contributed by atoms with Crippen molar-refractivity contribution in [2.75, 3.05) is 6.54 Å². The third-order valence-corrected chi connectivity index (χ3v) is 1.78. The maximum Gasteiger partial charge on any atom is 0.305 e. The molecule has 0 aromatic rings. The van der Waals surface area contributed by atoms with Crippen LogP contribution in [-0.4, -0.2) is 34.5 Å². The highest BCUT2D eigenvalue weighted by atomic mass is 16.4. The predicted octanol–water partition coefficient (Wildman–Crippen LogP) is 1.27. The molecule has 0 saturated carbocycles. The van der Waals surface area contributed by atoms with E-state index in [2.05, 4.69) is 0 Å². The molecule has 0 bridgehead atoms. The highest BCUT2D eigenvalue weighted by Gasteiger charge is 2.14. The van der Waals surface area contributed by atoms with E-state index in [1.165, 1.54) is 11.0 Å². The van der Waals surface area contributed by atoms with Gasteiger partial charge in [0.05, 0.1) is 6.42 Å². The molecule has 0 saturated heterocycles. The molecule has 0 aliphatic carbocycles. The van der Waals surface area contributed by atoms with Crippen molar-refractivity contribution in [3.63, 3.8) is 0 Å². The van der Waals surface area contributed by atoms with Crippen molar-refractivity contribution < 1.29 is 14.7 Å². The van der Waals surface area contributed by atoms with Gasteiger partial charge in [0.1, 0.15) is 0 Å². The zero-order chi connectivity index (χ0) is 11.1. The molecule has 0 aromatic carbocycles. The minimum absolute atomic E-state index is 0.0124. The van der Waals surface area contributed by atoms with Gasteiger partial charge in [-0.2, -0.15) is 0 Å². The second kappa shape index (κ2) is 6.18. The predicted molar refractivity (Wildman–Crippen MR) is 53.9 cm³/mol. The third-order valence-electron chi connectivity index (χ3n) is 1.78. The molecule has 4 nitrogen and oxygen atoms in total. The van der Waals surface area contributed by atoms with Gasteiger partial charge in [-0.3, -0.25) is 9.59 Å². The van der Waals surface area contributed by atoms with E-state index in [0.717, 1.165) is 0 Å². The molecular formula is C10H17NO3. The van der Waals surface area contributed by atoms with E-state index in [1.54, 1.807) is 13.0 Å². The Morgan fingerprint density at radius 1 is 1.43 bits per heavy atom. The van der Waals surface area contributed by atoms with Crippen LogP contribution < -0.4 is 0 Å². The molecule has 1 amide bonds. The number of allylic oxidation sites excluding steroid dienone is 1. The standard InChI is InChI=1S/C10H17NO3/c1-4-5-9(12)11(8(2)3)7-6-10(13)14/h4-5,8H,6-7H2,1-3H3,(H,13,14). The maximum absolute atomic E-state index is 11.4. The van der Waals surface area contributed by atoms with Gasteiger partial charge in [-0.1, -0.05) is 6.08 Å². The van der Waals surface area contributed by atoms with Gasteiger partial charge in [-0.05, 0) is 26.8 Å². The van der Waals surface area contributed by atoms with Crippen LogP contribution in [0.5, 0.6) is 0 Å². The highest BCUT2D eigenvalue weighted by Crippen LogP contribution is 2.01. The van der Waals surface area contributed by atoms with Gasteiger partial charge in [0, 0.05) is 12.6 Å². The second-order valence-electron chi connectivity index (χ2n) is 3.27. The first kappa shape index (κ1) is 12.7. The summed E-state index contributed by atoms with van der Waals surface area (Å²) in [6, 6.07) is 0.0260. The minimum atomic E-state index is -0.885. The summed E-state index contributed by atoms with van der Waals surface area (Å²) in [5.41, 5.74) is 0. The van der Waals surface area contributed by atoms with Crippen molar-refractivity contribution in [3.05, 3.63) is 12.2 Å². The van der Waals surface area contributed by atoms with Crippen LogP contribution in [-0.2, 0) is 9.59 Å². The summed E-state index contributed by atoms with van der Waals surface area (Å²) < 4.78 is 0. The summed E-state index contributed by atoms with van der Waals surface area (Å²) in [5.74, 6) is -1.02. The molecule has 0 unspecified atom stereocenters. The zero-order valence-electron chi connectivity index (χ0n) is 8.86. The van der Waals surface area contributed by atoms with Gasteiger partial charge in [0.15, 0.2) is 0 Å². The SMILES string of the molecule is CC=CC(=O)N(CCC(=O)O)C(C)C. The molecule has 0 aromatic heterocycles. The molecule has 0 atom stereocenters. The molecule has 1 N–H and O–H groups in total. The lowest BCUT2D eigenvalue weighted by atomic mass is 10.2. The van der Waals surface area contributed by atoms with Gasteiger partial charge in [-0.15, -0.1) is 0 Å². The number of hydrogen-bond donors (Lipinski definition) is 1. The van der Waals surface area contributed by atoms with Gasteiger partial charge >= 0.3 is 5.97 Å². The fraction of sp³-hybridized carbons (Fsp3) is 0.600. The van der Waals surface area contributed by atoms with E-state index < -0.39 is 5.97 Å². The van der Waals surface area contributed by atoms with Crippen LogP contribution in [0.2, 0.25) is 0 Å². The first-order valence-corrected chi connectivity index (χ1v) is 4.64. The molecule has 0 aliphatic heterocycles. The normalized spacial score (nSPS) is 10.9. The minimum Gasteiger partial charge on any atom is -0.481 e. The second-order valence-corrected chi connectivity index (χ2v) is 3.27. The van der Waals surface area contributed by atoms with Crippen LogP contribution >= 0.6 is 0 Å². The average Bonchev–Trinajstić information content (AvgIpc) is 2.03. The summed E-state index contributed by atoms with van der Waals surface area (Å²) in [5, 5.41) is 8.50. The first-order chi connectivity index (χ1) is 6.49. The highest BCUT2D eigenvalue weighted by molar-refractivity contribution is 5.88. The van der Waals surface area contributed by atoms with Crippen LogP contribution in [0.1, 0.15) is 27.2 Å². The van der Waals surface area contributed by atoms with Gasteiger partial charge in [0.25, 0.3) is 0 Å². The number of rotatable bonds is 5. The monoisotopic (exact) mass is 199 g/mol. The Morgan fingerprint density at radius 2 is 2.00 bits per heavy atom. The van der Waals surface area contributed by atoms with Crippen LogP contribution in [0.4, 0.5) is 0 Å². The summed E-state index contributed by atoms with van der Waals surface area (Å²) in [6.07, 6.45) is 3.09. The Labute approximate surface area is 84.2 Å². The third kappa shape index (κ3) is 4.64. The van der Waals surface area contributed by atoms with Crippen LogP contribution in [0, 0.1) is 0 Å².